The number of nitrogens with zero attached hydrogens (tertiary/aromatic N) is 1. The van der Waals surface area contributed by atoms with Crippen LogP contribution in [-0.4, -0.2) is 17.6 Å². The molecule has 0 aromatic carbocycles. The van der Waals surface area contributed by atoms with Crippen molar-refractivity contribution in [3.05, 3.63) is 29.5 Å². The molecule has 20 heavy (non-hydrogen) atoms. The molecular weight excluding hydrogens is 272 g/mol. The number of hydrogen-bond acceptors (Lipinski definition) is 5. The Morgan fingerprint density at radius 2 is 2.20 bits per heavy atom. The van der Waals surface area contributed by atoms with Gasteiger partial charge in [-0.2, -0.15) is 0 Å². The van der Waals surface area contributed by atoms with Gasteiger partial charge in [-0.25, -0.2) is 18.6 Å². The zero-order valence-electron chi connectivity index (χ0n) is 11.0. The highest BCUT2D eigenvalue weighted by atomic mass is 19.3. The minimum atomic E-state index is -2.93. The van der Waals surface area contributed by atoms with Crippen molar-refractivity contribution < 1.29 is 27.1 Å². The molecule has 0 amide bonds. The third kappa shape index (κ3) is 2.56. The fourth-order valence-corrected chi connectivity index (χ4v) is 1.74. The Kier molecular flexibility index (Phi) is 4.16. The maximum absolute atomic E-state index is 12.9. The van der Waals surface area contributed by atoms with Crippen LogP contribution >= 0.6 is 0 Å². The Hall–Kier alpha value is -2.18. The first-order valence-electron chi connectivity index (χ1n) is 6.11. The minimum Gasteiger partial charge on any atom is -0.469 e. The zero-order valence-corrected chi connectivity index (χ0v) is 11.0. The lowest BCUT2D eigenvalue weighted by atomic mass is 10.2. The smallest absolute Gasteiger partial charge is 0.376 e. The summed E-state index contributed by atoms with van der Waals surface area (Å²) in [7, 11) is 0. The third-order valence-electron chi connectivity index (χ3n) is 2.62. The summed E-state index contributed by atoms with van der Waals surface area (Å²) in [6, 6.07) is 1.55. The number of ether oxygens (including phenoxy) is 1. The summed E-state index contributed by atoms with van der Waals surface area (Å²) < 4.78 is 40.8. The molecule has 0 radical (unpaired) electrons. The van der Waals surface area contributed by atoms with Crippen molar-refractivity contribution >= 4 is 5.97 Å². The second-order valence-corrected chi connectivity index (χ2v) is 3.87. The van der Waals surface area contributed by atoms with Crippen LogP contribution in [0.5, 0.6) is 0 Å². The monoisotopic (exact) mass is 285 g/mol. The molecule has 2 aromatic rings. The van der Waals surface area contributed by atoms with Crippen LogP contribution in [0.2, 0.25) is 0 Å². The molecule has 5 nitrogen and oxygen atoms in total. The van der Waals surface area contributed by atoms with Crippen molar-refractivity contribution in [2.45, 2.75) is 26.7 Å². The first-order chi connectivity index (χ1) is 9.58. The van der Waals surface area contributed by atoms with Gasteiger partial charge in [0.2, 0.25) is 11.7 Å². The van der Waals surface area contributed by atoms with E-state index in [4.69, 9.17) is 8.83 Å². The van der Waals surface area contributed by atoms with Crippen LogP contribution in [0.15, 0.2) is 21.2 Å². The van der Waals surface area contributed by atoms with E-state index in [0.717, 1.165) is 0 Å². The molecule has 7 heteroatoms. The van der Waals surface area contributed by atoms with Gasteiger partial charge in [0.1, 0.15) is 5.76 Å². The van der Waals surface area contributed by atoms with Crippen molar-refractivity contribution in [3.8, 4) is 11.5 Å². The van der Waals surface area contributed by atoms with Gasteiger partial charge >= 0.3 is 5.97 Å². The first kappa shape index (κ1) is 14.2. The number of oxazole rings is 1. The Morgan fingerprint density at radius 1 is 1.45 bits per heavy atom. The Balaban J connectivity index is 2.46. The number of hydrogen-bond donors (Lipinski definition) is 0. The molecule has 0 saturated carbocycles. The highest BCUT2D eigenvalue weighted by Gasteiger charge is 2.29. The lowest BCUT2D eigenvalue weighted by Gasteiger charge is -1.99. The van der Waals surface area contributed by atoms with Gasteiger partial charge in [0.25, 0.3) is 6.43 Å². The van der Waals surface area contributed by atoms with Gasteiger partial charge in [-0.15, -0.1) is 0 Å². The van der Waals surface area contributed by atoms with Crippen LogP contribution in [0.4, 0.5) is 8.78 Å². The molecule has 2 rings (SSSR count). The quantitative estimate of drug-likeness (QED) is 0.785. The predicted octanol–water partition coefficient (Wildman–Crippen LogP) is 3.61. The number of rotatable bonds is 5. The molecule has 108 valence electrons. The number of aromatic nitrogens is 1. The fourth-order valence-electron chi connectivity index (χ4n) is 1.74. The van der Waals surface area contributed by atoms with E-state index < -0.39 is 23.8 Å². The van der Waals surface area contributed by atoms with Crippen molar-refractivity contribution in [2.75, 3.05) is 6.61 Å². The van der Waals surface area contributed by atoms with Gasteiger partial charge in [0.15, 0.2) is 5.69 Å². The average molecular weight is 285 g/mol. The summed E-state index contributed by atoms with van der Waals surface area (Å²) in [6.07, 6.45) is -0.975. The number of furan rings is 1. The second kappa shape index (κ2) is 5.85. The molecule has 0 bridgehead atoms. The summed E-state index contributed by atoms with van der Waals surface area (Å²) in [4.78, 5) is 15.3. The lowest BCUT2D eigenvalue weighted by molar-refractivity contribution is 0.0476. The maximum Gasteiger partial charge on any atom is 0.376 e. The van der Waals surface area contributed by atoms with E-state index in [1.54, 1.807) is 13.0 Å². The van der Waals surface area contributed by atoms with Gasteiger partial charge in [0.05, 0.1) is 18.4 Å². The number of esters is 1. The summed E-state index contributed by atoms with van der Waals surface area (Å²) in [5.74, 6) is -1.06. The molecule has 2 heterocycles. The van der Waals surface area contributed by atoms with Crippen LogP contribution in [0.3, 0.4) is 0 Å². The van der Waals surface area contributed by atoms with Crippen molar-refractivity contribution in [1.29, 1.82) is 0 Å². The Bertz CT molecular complexity index is 603. The number of carbonyl (C=O) groups is 1. The van der Waals surface area contributed by atoms with Gasteiger partial charge in [-0.1, -0.05) is 6.92 Å². The van der Waals surface area contributed by atoms with E-state index in [2.05, 4.69) is 9.72 Å². The number of halogens is 2. The normalized spacial score (nSPS) is 11.1. The SMILES string of the molecule is CCOC(=O)c1oc(-c2ccoc2CC)nc1C(F)F. The van der Waals surface area contributed by atoms with Gasteiger partial charge in [0, 0.05) is 6.42 Å². The standard InChI is InChI=1S/C13H13F2NO4/c1-3-8-7(5-6-19-8)12-16-9(11(14)15)10(20-12)13(17)18-4-2/h5-6,11H,3-4H2,1-2H3. The molecule has 0 aliphatic rings. The van der Waals surface area contributed by atoms with Crippen molar-refractivity contribution in [2.24, 2.45) is 0 Å². The van der Waals surface area contributed by atoms with Crippen LogP contribution in [0, 0.1) is 0 Å². The average Bonchev–Trinajstić information content (AvgIpc) is 3.04. The summed E-state index contributed by atoms with van der Waals surface area (Å²) >= 11 is 0. The molecule has 0 aliphatic heterocycles. The lowest BCUT2D eigenvalue weighted by Crippen LogP contribution is -2.06. The number of carbonyl (C=O) groups excluding carboxylic acids is 1. The third-order valence-corrected chi connectivity index (χ3v) is 2.62. The second-order valence-electron chi connectivity index (χ2n) is 3.87. The van der Waals surface area contributed by atoms with E-state index in [1.165, 1.54) is 6.26 Å². The predicted molar refractivity (Wildman–Crippen MR) is 64.5 cm³/mol. The molecule has 0 atom stereocenters. The molecule has 0 unspecified atom stereocenters. The molecule has 0 N–H and O–H groups in total. The highest BCUT2D eigenvalue weighted by Crippen LogP contribution is 2.31. The molecule has 0 saturated heterocycles. The van der Waals surface area contributed by atoms with Crippen LogP contribution in [0.25, 0.3) is 11.5 Å². The van der Waals surface area contributed by atoms with E-state index in [0.29, 0.717) is 17.7 Å². The molecule has 2 aromatic heterocycles. The Labute approximate surface area is 113 Å². The number of alkyl halides is 2. The fraction of sp³-hybridized carbons (Fsp3) is 0.385. The van der Waals surface area contributed by atoms with Crippen molar-refractivity contribution in [3.63, 3.8) is 0 Å². The van der Waals surface area contributed by atoms with Gasteiger partial charge < -0.3 is 13.6 Å². The van der Waals surface area contributed by atoms with Crippen LogP contribution in [-0.2, 0) is 11.2 Å². The molecule has 0 fully saturated rings. The Morgan fingerprint density at radius 3 is 2.80 bits per heavy atom. The number of aryl methyl sites for hydroxylation is 1. The summed E-state index contributed by atoms with van der Waals surface area (Å²) in [5.41, 5.74) is -0.272. The highest BCUT2D eigenvalue weighted by molar-refractivity contribution is 5.88. The first-order valence-corrected chi connectivity index (χ1v) is 6.11. The van der Waals surface area contributed by atoms with Crippen LogP contribution in [0.1, 0.15) is 42.3 Å². The molecular formula is C13H13F2NO4. The van der Waals surface area contributed by atoms with Crippen molar-refractivity contribution in [1.82, 2.24) is 4.98 Å². The largest absolute Gasteiger partial charge is 0.469 e. The van der Waals surface area contributed by atoms with E-state index in [-0.39, 0.29) is 12.5 Å². The topological polar surface area (TPSA) is 65.5 Å². The maximum atomic E-state index is 12.9. The minimum absolute atomic E-state index is 0.0590. The summed E-state index contributed by atoms with van der Waals surface area (Å²) in [6.45, 7) is 3.47. The van der Waals surface area contributed by atoms with E-state index in [9.17, 15) is 13.6 Å². The summed E-state index contributed by atoms with van der Waals surface area (Å²) in [5, 5.41) is 0. The van der Waals surface area contributed by atoms with E-state index >= 15 is 0 Å². The van der Waals surface area contributed by atoms with E-state index in [1.807, 2.05) is 6.92 Å². The van der Waals surface area contributed by atoms with Gasteiger partial charge in [-0.3, -0.25) is 0 Å². The van der Waals surface area contributed by atoms with Crippen LogP contribution < -0.4 is 0 Å². The van der Waals surface area contributed by atoms with Gasteiger partial charge in [-0.05, 0) is 13.0 Å². The zero-order chi connectivity index (χ0) is 14.7. The molecule has 0 aliphatic carbocycles. The molecule has 0 spiro atoms.